The Balaban J connectivity index is 2.41. The Hall–Kier alpha value is -1.04. The summed E-state index contributed by atoms with van der Waals surface area (Å²) in [6.45, 7) is 0. The van der Waals surface area contributed by atoms with Gasteiger partial charge < -0.3 is 0 Å². The highest BCUT2D eigenvalue weighted by Gasteiger charge is 1.77. The van der Waals surface area contributed by atoms with Gasteiger partial charge in [-0.05, 0) is 25.7 Å². The molecule has 0 saturated heterocycles. The van der Waals surface area contributed by atoms with Crippen molar-refractivity contribution in [2.75, 3.05) is 0 Å². The molecule has 0 aromatic rings. The molecule has 0 N–H and O–H groups in total. The van der Waals surface area contributed by atoms with Crippen molar-refractivity contribution in [1.29, 1.82) is 0 Å². The lowest BCUT2D eigenvalue weighted by Gasteiger charge is -1.88. The standard InChI is InChI=1S/C12H16/c1-2-4-6-8-10-12-11-9-7-5-3-1/h1-4,7-10H,5-6,11-12H2/b3-1-,4-2+,9-7+,10-8?. The van der Waals surface area contributed by atoms with Crippen molar-refractivity contribution < 1.29 is 0 Å². The summed E-state index contributed by atoms with van der Waals surface area (Å²) in [5, 5.41) is 0. The van der Waals surface area contributed by atoms with Crippen LogP contribution in [0.15, 0.2) is 48.6 Å². The van der Waals surface area contributed by atoms with E-state index in [-0.39, 0.29) is 0 Å². The van der Waals surface area contributed by atoms with Crippen LogP contribution >= 0.6 is 0 Å². The van der Waals surface area contributed by atoms with Gasteiger partial charge in [0.15, 0.2) is 0 Å². The van der Waals surface area contributed by atoms with Crippen LogP contribution in [0.1, 0.15) is 25.7 Å². The fourth-order valence-electron chi connectivity index (χ4n) is 1.09. The van der Waals surface area contributed by atoms with E-state index in [0.29, 0.717) is 0 Å². The van der Waals surface area contributed by atoms with E-state index < -0.39 is 0 Å². The molecule has 0 saturated carbocycles. The first-order valence-electron chi connectivity index (χ1n) is 4.62. The highest BCUT2D eigenvalue weighted by Crippen LogP contribution is 1.98. The molecule has 0 amide bonds. The van der Waals surface area contributed by atoms with Gasteiger partial charge in [-0.25, -0.2) is 0 Å². The second-order valence-electron chi connectivity index (χ2n) is 2.85. The maximum Gasteiger partial charge on any atom is -0.0166 e. The van der Waals surface area contributed by atoms with E-state index in [1.807, 2.05) is 0 Å². The van der Waals surface area contributed by atoms with Gasteiger partial charge >= 0.3 is 0 Å². The Morgan fingerprint density at radius 3 is 1.50 bits per heavy atom. The third-order valence-corrected chi connectivity index (χ3v) is 1.76. The molecule has 1 aliphatic rings. The fraction of sp³-hybridized carbons (Fsp3) is 0.333. The minimum absolute atomic E-state index is 1.06. The van der Waals surface area contributed by atoms with Gasteiger partial charge in [-0.3, -0.25) is 0 Å². The van der Waals surface area contributed by atoms with Crippen LogP contribution in [0.2, 0.25) is 0 Å². The number of hydrogen-bond acceptors (Lipinski definition) is 0. The van der Waals surface area contributed by atoms with Crippen LogP contribution in [0.3, 0.4) is 0 Å². The van der Waals surface area contributed by atoms with Crippen molar-refractivity contribution >= 4 is 0 Å². The first-order chi connectivity index (χ1) is 6.00. The third-order valence-electron chi connectivity index (χ3n) is 1.76. The summed E-state index contributed by atoms with van der Waals surface area (Å²) in [4.78, 5) is 0. The van der Waals surface area contributed by atoms with Crippen molar-refractivity contribution in [3.8, 4) is 0 Å². The first kappa shape index (κ1) is 9.05. The molecule has 0 heteroatoms. The van der Waals surface area contributed by atoms with E-state index in [1.165, 1.54) is 12.8 Å². The molecule has 0 unspecified atom stereocenters. The van der Waals surface area contributed by atoms with E-state index in [4.69, 9.17) is 0 Å². The zero-order chi connectivity index (χ0) is 8.49. The Kier molecular flexibility index (Phi) is 5.02. The van der Waals surface area contributed by atoms with Crippen LogP contribution in [-0.4, -0.2) is 0 Å². The molecular formula is C12H16. The van der Waals surface area contributed by atoms with Gasteiger partial charge in [0.2, 0.25) is 0 Å². The van der Waals surface area contributed by atoms with Crippen LogP contribution in [0.4, 0.5) is 0 Å². The van der Waals surface area contributed by atoms with Crippen LogP contribution < -0.4 is 0 Å². The molecule has 1 rings (SSSR count). The fourth-order valence-corrected chi connectivity index (χ4v) is 1.09. The van der Waals surface area contributed by atoms with Crippen molar-refractivity contribution in [2.24, 2.45) is 0 Å². The molecule has 0 radical (unpaired) electrons. The van der Waals surface area contributed by atoms with E-state index in [1.54, 1.807) is 0 Å². The second-order valence-corrected chi connectivity index (χ2v) is 2.85. The molecule has 1 aliphatic carbocycles. The molecule has 0 heterocycles. The zero-order valence-corrected chi connectivity index (χ0v) is 7.45. The lowest BCUT2D eigenvalue weighted by atomic mass is 10.2. The predicted octanol–water partition coefficient (Wildman–Crippen LogP) is 3.79. The summed E-state index contributed by atoms with van der Waals surface area (Å²) in [7, 11) is 0. The number of hydrogen-bond donors (Lipinski definition) is 0. The molecule has 12 heavy (non-hydrogen) atoms. The zero-order valence-electron chi connectivity index (χ0n) is 7.45. The average Bonchev–Trinajstić information content (AvgIpc) is 2.05. The molecule has 0 aromatic carbocycles. The van der Waals surface area contributed by atoms with Crippen LogP contribution in [-0.2, 0) is 0 Å². The number of allylic oxidation sites excluding steroid dienone is 8. The molecule has 0 nitrogen and oxygen atoms in total. The van der Waals surface area contributed by atoms with Crippen LogP contribution in [0.5, 0.6) is 0 Å². The highest BCUT2D eigenvalue weighted by atomic mass is 13.8. The van der Waals surface area contributed by atoms with Gasteiger partial charge in [0.1, 0.15) is 0 Å². The second kappa shape index (κ2) is 6.66. The van der Waals surface area contributed by atoms with Crippen molar-refractivity contribution in [2.45, 2.75) is 25.7 Å². The summed E-state index contributed by atoms with van der Waals surface area (Å²) < 4.78 is 0. The minimum atomic E-state index is 1.06. The number of rotatable bonds is 0. The maximum atomic E-state index is 2.25. The van der Waals surface area contributed by atoms with E-state index in [9.17, 15) is 0 Å². The quantitative estimate of drug-likeness (QED) is 0.473. The Bertz CT molecular complexity index is 180. The summed E-state index contributed by atoms with van der Waals surface area (Å²) >= 11 is 0. The van der Waals surface area contributed by atoms with Gasteiger partial charge in [0.25, 0.3) is 0 Å². The monoisotopic (exact) mass is 160 g/mol. The SMILES string of the molecule is C1=CCC/C=C/C/C=C\C=C\C1. The smallest absolute Gasteiger partial charge is 0.0166 e. The van der Waals surface area contributed by atoms with Crippen LogP contribution in [0.25, 0.3) is 0 Å². The maximum absolute atomic E-state index is 2.25. The topological polar surface area (TPSA) is 0 Å². The lowest BCUT2D eigenvalue weighted by Crippen LogP contribution is -1.67. The minimum Gasteiger partial charge on any atom is -0.0879 e. The normalized spacial score (nSPS) is 26.7. The molecule has 0 aromatic heterocycles. The summed E-state index contributed by atoms with van der Waals surface area (Å²) in [6.07, 6.45) is 22.0. The molecule has 0 atom stereocenters. The highest BCUT2D eigenvalue weighted by molar-refractivity contribution is 5.07. The van der Waals surface area contributed by atoms with Gasteiger partial charge in [0, 0.05) is 0 Å². The van der Waals surface area contributed by atoms with Gasteiger partial charge in [-0.1, -0.05) is 48.6 Å². The third kappa shape index (κ3) is 4.73. The predicted molar refractivity (Wildman–Crippen MR) is 55.0 cm³/mol. The summed E-state index contributed by atoms with van der Waals surface area (Å²) in [5.74, 6) is 0. The van der Waals surface area contributed by atoms with Gasteiger partial charge in [-0.2, -0.15) is 0 Å². The van der Waals surface area contributed by atoms with E-state index in [2.05, 4.69) is 48.6 Å². The van der Waals surface area contributed by atoms with E-state index in [0.717, 1.165) is 12.8 Å². The van der Waals surface area contributed by atoms with Gasteiger partial charge in [0.05, 0.1) is 0 Å². The van der Waals surface area contributed by atoms with Crippen LogP contribution in [0, 0.1) is 0 Å². The Morgan fingerprint density at radius 2 is 1.00 bits per heavy atom. The Morgan fingerprint density at radius 1 is 0.500 bits per heavy atom. The molecular weight excluding hydrogens is 144 g/mol. The average molecular weight is 160 g/mol. The van der Waals surface area contributed by atoms with Gasteiger partial charge in [-0.15, -0.1) is 0 Å². The van der Waals surface area contributed by atoms with E-state index >= 15 is 0 Å². The largest absolute Gasteiger partial charge is 0.0879 e. The molecule has 0 bridgehead atoms. The van der Waals surface area contributed by atoms with Crippen molar-refractivity contribution in [3.05, 3.63) is 48.6 Å². The molecule has 64 valence electrons. The lowest BCUT2D eigenvalue weighted by molar-refractivity contribution is 1.04. The summed E-state index contributed by atoms with van der Waals surface area (Å²) in [6, 6.07) is 0. The first-order valence-corrected chi connectivity index (χ1v) is 4.62. The summed E-state index contributed by atoms with van der Waals surface area (Å²) in [5.41, 5.74) is 0. The molecule has 0 fully saturated rings. The molecule has 0 spiro atoms. The Labute approximate surface area is 75.0 Å². The van der Waals surface area contributed by atoms with Crippen molar-refractivity contribution in [1.82, 2.24) is 0 Å². The molecule has 0 aliphatic heterocycles. The van der Waals surface area contributed by atoms with Crippen molar-refractivity contribution in [3.63, 3.8) is 0 Å².